The second-order valence-electron chi connectivity index (χ2n) is 8.24. The topological polar surface area (TPSA) is 43.3 Å². The van der Waals surface area contributed by atoms with Gasteiger partial charge in [-0.15, -0.1) is 0 Å². The van der Waals surface area contributed by atoms with Gasteiger partial charge >= 0.3 is 12.1 Å². The number of carbonyl (C=O) groups is 1. The third-order valence-electron chi connectivity index (χ3n) is 5.89. The molecule has 0 aliphatic heterocycles. The summed E-state index contributed by atoms with van der Waals surface area (Å²) in [6.45, 7) is 1.48. The van der Waals surface area contributed by atoms with Gasteiger partial charge in [0.1, 0.15) is 5.75 Å². The molecule has 4 nitrogen and oxygen atoms in total. The minimum absolute atomic E-state index is 0.00527. The van der Waals surface area contributed by atoms with Crippen LogP contribution in [0, 0.1) is 0 Å². The average molecular weight is 474 g/mol. The predicted molar refractivity (Wildman–Crippen MR) is 131 cm³/mol. The van der Waals surface area contributed by atoms with E-state index in [1.165, 1.54) is 19.1 Å². The van der Waals surface area contributed by atoms with E-state index in [0.29, 0.717) is 0 Å². The van der Waals surface area contributed by atoms with Crippen molar-refractivity contribution >= 4 is 34.6 Å². The number of nitrogens with zero attached hydrogens (tertiary/aromatic N) is 1. The molecule has 5 rings (SSSR count). The van der Waals surface area contributed by atoms with Gasteiger partial charge in [-0.2, -0.15) is 13.2 Å². The van der Waals surface area contributed by atoms with Crippen LogP contribution in [0.1, 0.15) is 19.8 Å². The van der Waals surface area contributed by atoms with Crippen molar-refractivity contribution in [3.05, 3.63) is 89.4 Å². The second kappa shape index (κ2) is 9.18. The highest BCUT2D eigenvalue weighted by Gasteiger charge is 2.13. The number of nitrogens with one attached hydrogen (secondary N) is 1. The Balaban J connectivity index is 1.57. The number of benzene rings is 3. The van der Waals surface area contributed by atoms with E-state index >= 15 is 0 Å². The zero-order chi connectivity index (χ0) is 24.5. The Morgan fingerprint density at radius 1 is 0.886 bits per heavy atom. The number of fused-ring (bicyclic) bond motifs is 3. The summed E-state index contributed by atoms with van der Waals surface area (Å²) in [5.41, 5.74) is 4.57. The van der Waals surface area contributed by atoms with Crippen LogP contribution in [0.4, 0.5) is 18.9 Å². The molecule has 1 aliphatic carbocycles. The molecule has 176 valence electrons. The van der Waals surface area contributed by atoms with Gasteiger partial charge in [-0.1, -0.05) is 30.4 Å². The molecule has 1 amide bonds. The van der Waals surface area contributed by atoms with E-state index < -0.39 is 12.1 Å². The smallest absolute Gasteiger partial charge is 0.344 e. The molecule has 0 saturated carbocycles. The molecule has 35 heavy (non-hydrogen) atoms. The molecule has 1 N–H and O–H groups in total. The van der Waals surface area contributed by atoms with Crippen LogP contribution in [0.25, 0.3) is 39.9 Å². The lowest BCUT2D eigenvalue weighted by atomic mass is 10.0. The summed E-state index contributed by atoms with van der Waals surface area (Å²) < 4.78 is 44.4. The lowest BCUT2D eigenvalue weighted by molar-refractivity contribution is -0.114. The van der Waals surface area contributed by atoms with Crippen molar-refractivity contribution < 1.29 is 22.7 Å². The number of aromatic nitrogens is 1. The van der Waals surface area contributed by atoms with E-state index in [9.17, 15) is 18.0 Å². The molecule has 1 aliphatic rings. The Bertz CT molecular complexity index is 1580. The van der Waals surface area contributed by atoms with Crippen molar-refractivity contribution in [2.24, 2.45) is 0 Å². The molecule has 0 radical (unpaired) electrons. The lowest BCUT2D eigenvalue weighted by Crippen LogP contribution is -2.30. The standard InChI is InChI=1S/C28H21F3N2O2/c1-17(34)32-20-9-11-21(12-10-20)33-25-5-3-2-4-23(25)24-16-19(8-15-26(24)33)18-6-13-22(14-7-18)35-28(31)27(29)30/h4-16H,2-3H2,1H3,(H,32,34). The molecule has 7 heteroatoms. The van der Waals surface area contributed by atoms with E-state index in [1.807, 2.05) is 30.3 Å². The maximum atomic E-state index is 13.1. The largest absolute Gasteiger partial charge is 0.428 e. The lowest BCUT2D eigenvalue weighted by Gasteiger charge is -2.10. The van der Waals surface area contributed by atoms with Crippen LogP contribution in [-0.4, -0.2) is 10.5 Å². The summed E-state index contributed by atoms with van der Waals surface area (Å²) in [4.78, 5) is 11.4. The highest BCUT2D eigenvalue weighted by atomic mass is 19.3. The van der Waals surface area contributed by atoms with Crippen molar-refractivity contribution in [1.29, 1.82) is 0 Å². The van der Waals surface area contributed by atoms with E-state index in [0.717, 1.165) is 56.8 Å². The predicted octanol–water partition coefficient (Wildman–Crippen LogP) is 6.02. The molecule has 1 heterocycles. The molecule has 0 atom stereocenters. The Hall–Kier alpha value is -4.26. The third kappa shape index (κ3) is 4.45. The van der Waals surface area contributed by atoms with Gasteiger partial charge in [0.2, 0.25) is 5.91 Å². The summed E-state index contributed by atoms with van der Waals surface area (Å²) in [6, 6.07) is 18.3. The molecular weight excluding hydrogens is 453 g/mol. The van der Waals surface area contributed by atoms with Gasteiger partial charge in [0, 0.05) is 34.3 Å². The minimum atomic E-state index is -2.49. The molecule has 0 fully saturated rings. The second-order valence-corrected chi connectivity index (χ2v) is 8.24. The molecule has 0 saturated heterocycles. The average Bonchev–Trinajstić information content (AvgIpc) is 3.18. The molecule has 4 aromatic rings. The number of carbonyl (C=O) groups excluding carboxylic acids is 1. The molecule has 0 unspecified atom stereocenters. The minimum Gasteiger partial charge on any atom is -0.428 e. The van der Waals surface area contributed by atoms with Gasteiger partial charge in [0.05, 0.1) is 5.52 Å². The molecule has 0 spiro atoms. The molecule has 0 bridgehead atoms. The number of ether oxygens (including phenoxy) is 1. The fourth-order valence-corrected chi connectivity index (χ4v) is 4.41. The molecule has 1 aromatic heterocycles. The summed E-state index contributed by atoms with van der Waals surface area (Å²) in [7, 11) is 0. The van der Waals surface area contributed by atoms with Crippen LogP contribution in [0.3, 0.4) is 0 Å². The maximum Gasteiger partial charge on any atom is 0.344 e. The summed E-state index contributed by atoms with van der Waals surface area (Å²) in [5, 5.41) is 6.16. The fourth-order valence-electron chi connectivity index (χ4n) is 4.41. The summed E-state index contributed by atoms with van der Waals surface area (Å²) >= 11 is 0. The SMILES string of the molecule is CC(=O)Nc1ccc(-n2c3c(c4cc(-c5ccc(OC(F)=C(F)F)cc5)ccc42)=CCCC=3)cc1. The van der Waals surface area contributed by atoms with Gasteiger partial charge in [-0.05, 0) is 72.5 Å². The van der Waals surface area contributed by atoms with Gasteiger partial charge in [-0.3, -0.25) is 4.79 Å². The fraction of sp³-hybridized carbons (Fsp3) is 0.107. The number of hydrogen-bond donors (Lipinski definition) is 1. The van der Waals surface area contributed by atoms with E-state index in [4.69, 9.17) is 0 Å². The number of anilines is 1. The highest BCUT2D eigenvalue weighted by Crippen LogP contribution is 2.28. The van der Waals surface area contributed by atoms with Gasteiger partial charge < -0.3 is 14.6 Å². The van der Waals surface area contributed by atoms with Crippen molar-refractivity contribution in [3.8, 4) is 22.6 Å². The van der Waals surface area contributed by atoms with Crippen LogP contribution >= 0.6 is 0 Å². The first-order chi connectivity index (χ1) is 16.9. The molecular formula is C28H21F3N2O2. The zero-order valence-corrected chi connectivity index (χ0v) is 18.8. The van der Waals surface area contributed by atoms with E-state index in [1.54, 1.807) is 12.1 Å². The van der Waals surface area contributed by atoms with E-state index in [2.05, 4.69) is 38.9 Å². The summed E-state index contributed by atoms with van der Waals surface area (Å²) in [6.07, 6.45) is 3.88. The first-order valence-corrected chi connectivity index (χ1v) is 11.1. The van der Waals surface area contributed by atoms with E-state index in [-0.39, 0.29) is 11.7 Å². The number of hydrogen-bond acceptors (Lipinski definition) is 2. The Morgan fingerprint density at radius 2 is 1.57 bits per heavy atom. The summed E-state index contributed by atoms with van der Waals surface area (Å²) in [5.74, 6) is -0.123. The normalized spacial score (nSPS) is 12.3. The Morgan fingerprint density at radius 3 is 2.26 bits per heavy atom. The van der Waals surface area contributed by atoms with Crippen molar-refractivity contribution in [1.82, 2.24) is 4.57 Å². The van der Waals surface area contributed by atoms with Crippen LogP contribution < -0.4 is 20.6 Å². The van der Waals surface area contributed by atoms with Crippen LogP contribution in [0.5, 0.6) is 5.75 Å². The Kier molecular flexibility index (Phi) is 5.91. The van der Waals surface area contributed by atoms with Gasteiger partial charge in [0.15, 0.2) is 0 Å². The maximum absolute atomic E-state index is 13.1. The zero-order valence-electron chi connectivity index (χ0n) is 18.8. The van der Waals surface area contributed by atoms with Crippen molar-refractivity contribution in [2.75, 3.05) is 5.32 Å². The first kappa shape index (κ1) is 22.5. The number of rotatable bonds is 5. The molecule has 3 aromatic carbocycles. The first-order valence-electron chi connectivity index (χ1n) is 11.1. The van der Waals surface area contributed by atoms with Crippen molar-refractivity contribution in [2.45, 2.75) is 19.8 Å². The van der Waals surface area contributed by atoms with Crippen LogP contribution in [0.15, 0.2) is 78.8 Å². The third-order valence-corrected chi connectivity index (χ3v) is 5.89. The van der Waals surface area contributed by atoms with Crippen LogP contribution in [0.2, 0.25) is 0 Å². The van der Waals surface area contributed by atoms with Crippen molar-refractivity contribution in [3.63, 3.8) is 0 Å². The monoisotopic (exact) mass is 474 g/mol. The van der Waals surface area contributed by atoms with Crippen LogP contribution in [-0.2, 0) is 4.79 Å². The Labute approximate surface area is 199 Å². The number of amides is 1. The van der Waals surface area contributed by atoms with Gasteiger partial charge in [0.25, 0.3) is 0 Å². The number of halogens is 3. The quantitative estimate of drug-likeness (QED) is 0.359. The highest BCUT2D eigenvalue weighted by molar-refractivity contribution is 5.90. The van der Waals surface area contributed by atoms with Gasteiger partial charge in [-0.25, -0.2) is 0 Å².